The number of aliphatic carboxylic acids is 1. The fourth-order valence-electron chi connectivity index (χ4n) is 15.5. The van der Waals surface area contributed by atoms with Gasteiger partial charge in [-0.15, -0.1) is 0 Å². The van der Waals surface area contributed by atoms with Crippen LogP contribution in [0.2, 0.25) is 0 Å². The number of nitrogens with two attached hydrogens (primary N) is 1. The summed E-state index contributed by atoms with van der Waals surface area (Å²) < 4.78 is 30.1. The van der Waals surface area contributed by atoms with Gasteiger partial charge in [0.2, 0.25) is 5.88 Å². The Morgan fingerprint density at radius 2 is 1.72 bits per heavy atom. The van der Waals surface area contributed by atoms with Gasteiger partial charge in [0.1, 0.15) is 17.6 Å². The third-order valence-corrected chi connectivity index (χ3v) is 20.5. The highest BCUT2D eigenvalue weighted by molar-refractivity contribution is 7.91. The van der Waals surface area contributed by atoms with E-state index in [-0.39, 0.29) is 56.8 Å². The number of aromatic nitrogens is 1. The first-order valence-corrected chi connectivity index (χ1v) is 24.9. The van der Waals surface area contributed by atoms with Crippen LogP contribution < -0.4 is 15.8 Å². The second-order valence-electron chi connectivity index (χ2n) is 21.8. The van der Waals surface area contributed by atoms with Crippen LogP contribution in [-0.4, -0.2) is 85.1 Å². The molecule has 1 amide bonds. The number of carbonyl (C=O) groups excluding carboxylic acids is 1. The number of nitrogens with zero attached hydrogens (tertiary/aromatic N) is 2. The van der Waals surface area contributed by atoms with Crippen LogP contribution >= 0.6 is 0 Å². The SMILES string of the molecule is C=C(C)[C@@H]1CC[C@]2(NCCN3CCS(=O)(=O)CC3)CC[C@]3(C)C(CC[C@@H]4[C@@]5(C)CC=C(C6=CC[C@@](COc7ncccc7C(N)=O)(C(=O)O)CC6)C(C)(C)[C@@H]5CC[C@]43C)[C@@H]12. The van der Waals surface area contributed by atoms with Gasteiger partial charge in [-0.3, -0.25) is 9.59 Å². The lowest BCUT2D eigenvalue weighted by Gasteiger charge is -2.72. The van der Waals surface area contributed by atoms with Gasteiger partial charge >= 0.3 is 5.97 Å². The van der Waals surface area contributed by atoms with E-state index in [1.54, 1.807) is 12.1 Å². The van der Waals surface area contributed by atoms with Crippen LogP contribution in [0.3, 0.4) is 0 Å². The number of primary amides is 1. The molecule has 8 rings (SSSR count). The van der Waals surface area contributed by atoms with E-state index in [1.807, 2.05) is 0 Å². The molecule has 2 heterocycles. The Morgan fingerprint density at radius 3 is 2.38 bits per heavy atom. The first-order chi connectivity index (χ1) is 28.2. The number of hydrogen-bond acceptors (Lipinski definition) is 8. The van der Waals surface area contributed by atoms with Gasteiger partial charge in [0, 0.05) is 37.9 Å². The Bertz CT molecular complexity index is 2070. The summed E-state index contributed by atoms with van der Waals surface area (Å²) in [5.41, 5.74) is 9.31. The molecule has 1 aromatic heterocycles. The van der Waals surface area contributed by atoms with Crippen molar-refractivity contribution in [3.8, 4) is 5.88 Å². The van der Waals surface area contributed by atoms with Crippen molar-refractivity contribution in [2.45, 2.75) is 124 Å². The molecule has 5 fully saturated rings. The van der Waals surface area contributed by atoms with Crippen LogP contribution in [0.15, 0.2) is 53.8 Å². The number of carboxylic acids is 1. The molecule has 60 heavy (non-hydrogen) atoms. The molecule has 1 aliphatic heterocycles. The van der Waals surface area contributed by atoms with E-state index >= 15 is 0 Å². The number of pyridine rings is 1. The van der Waals surface area contributed by atoms with E-state index in [0.717, 1.165) is 19.5 Å². The number of carboxylic acid groups (broad SMARTS) is 1. The molecule has 10 atom stereocenters. The van der Waals surface area contributed by atoms with Crippen molar-refractivity contribution in [2.24, 2.45) is 62.4 Å². The zero-order chi connectivity index (χ0) is 43.1. The van der Waals surface area contributed by atoms with E-state index < -0.39 is 27.1 Å². The van der Waals surface area contributed by atoms with Crippen LogP contribution in [0, 0.1) is 56.7 Å². The third kappa shape index (κ3) is 6.94. The lowest BCUT2D eigenvalue weighted by Crippen LogP contribution is -2.68. The lowest BCUT2D eigenvalue weighted by molar-refractivity contribution is -0.221. The van der Waals surface area contributed by atoms with Gasteiger partial charge in [0.15, 0.2) is 9.84 Å². The molecule has 330 valence electrons. The lowest BCUT2D eigenvalue weighted by atomic mass is 9.33. The average molecular weight is 845 g/mol. The molecule has 11 heteroatoms. The quantitative estimate of drug-likeness (QED) is 0.188. The van der Waals surface area contributed by atoms with Crippen LogP contribution in [0.25, 0.3) is 0 Å². The van der Waals surface area contributed by atoms with Gasteiger partial charge in [0.25, 0.3) is 5.91 Å². The molecule has 0 bridgehead atoms. The molecule has 6 aliphatic carbocycles. The standard InChI is InChI=1S/C49H72N4O6S/c1-32(2)34-14-21-49(52-25-26-53-27-29-60(57,58)30-28-53)23-22-46(6)37(40(34)49)10-11-39-45(5)17-15-36(44(3,4)38(45)16-18-47(39,46)7)33-12-19-48(20-13-33,43(55)56)31-59-42-35(41(50)54)9-8-24-51-42/h8-9,12,15,24,34,37-40,52H,1,10-11,13-14,16-23,25-31H2,2-7H3,(H2,50,54)(H,55,56)/t34-,37?,38-,39+,40+,45-,46+,47+,48+,49-/m0/s1. The highest BCUT2D eigenvalue weighted by Gasteiger charge is 2.70. The van der Waals surface area contributed by atoms with Crippen LogP contribution in [0.4, 0.5) is 0 Å². The number of sulfone groups is 1. The summed E-state index contributed by atoms with van der Waals surface area (Å²) in [7, 11) is -2.89. The molecule has 1 unspecified atom stereocenters. The van der Waals surface area contributed by atoms with Crippen molar-refractivity contribution < 1.29 is 27.9 Å². The molecule has 4 N–H and O–H groups in total. The Balaban J connectivity index is 1.01. The van der Waals surface area contributed by atoms with Crippen LogP contribution in [-0.2, 0) is 14.6 Å². The summed E-state index contributed by atoms with van der Waals surface area (Å²) in [5.74, 6) is 1.99. The van der Waals surface area contributed by atoms with Crippen molar-refractivity contribution in [1.82, 2.24) is 15.2 Å². The molecule has 0 radical (unpaired) electrons. The number of allylic oxidation sites excluding steroid dienone is 5. The molecule has 1 aromatic rings. The molecule has 7 aliphatic rings. The number of carbonyl (C=O) groups is 2. The normalized spacial score (nSPS) is 40.7. The van der Waals surface area contributed by atoms with Gasteiger partial charge in [-0.05, 0) is 159 Å². The summed E-state index contributed by atoms with van der Waals surface area (Å²) >= 11 is 0. The number of rotatable bonds is 11. The molecule has 10 nitrogen and oxygen atoms in total. The van der Waals surface area contributed by atoms with Crippen molar-refractivity contribution in [2.75, 3.05) is 44.3 Å². The number of nitrogens with one attached hydrogen (secondary N) is 1. The molecule has 1 saturated heterocycles. The summed E-state index contributed by atoms with van der Waals surface area (Å²) in [6.07, 6.45) is 18.6. The number of fused-ring (bicyclic) bond motifs is 7. The van der Waals surface area contributed by atoms with Gasteiger partial charge in [-0.25, -0.2) is 13.4 Å². The molecule has 0 aromatic carbocycles. The third-order valence-electron chi connectivity index (χ3n) is 18.9. The average Bonchev–Trinajstić information content (AvgIpc) is 3.58. The zero-order valence-corrected chi connectivity index (χ0v) is 38.1. The van der Waals surface area contributed by atoms with E-state index in [1.165, 1.54) is 74.3 Å². The fourth-order valence-corrected chi connectivity index (χ4v) is 16.7. The molecular formula is C49H72N4O6S. The van der Waals surface area contributed by atoms with Crippen molar-refractivity contribution in [3.63, 3.8) is 0 Å². The van der Waals surface area contributed by atoms with Gasteiger partial charge in [-0.1, -0.05) is 58.9 Å². The summed E-state index contributed by atoms with van der Waals surface area (Å²) in [5, 5.41) is 14.7. The van der Waals surface area contributed by atoms with Crippen LogP contribution in [0.1, 0.15) is 129 Å². The van der Waals surface area contributed by atoms with Gasteiger partial charge in [-0.2, -0.15) is 0 Å². The highest BCUT2D eigenvalue weighted by atomic mass is 32.2. The van der Waals surface area contributed by atoms with Crippen LogP contribution in [0.5, 0.6) is 5.88 Å². The molecule has 0 spiro atoms. The summed E-state index contributed by atoms with van der Waals surface area (Å²) in [6.45, 7) is 22.9. The second kappa shape index (κ2) is 15.4. The van der Waals surface area contributed by atoms with E-state index in [4.69, 9.17) is 10.5 Å². The Kier molecular flexibility index (Phi) is 11.2. The largest absolute Gasteiger partial charge is 0.481 e. The first kappa shape index (κ1) is 43.6. The maximum atomic E-state index is 12.8. The van der Waals surface area contributed by atoms with Gasteiger partial charge < -0.3 is 25.8 Å². The maximum absolute atomic E-state index is 12.8. The zero-order valence-electron chi connectivity index (χ0n) is 37.3. The highest BCUT2D eigenvalue weighted by Crippen LogP contribution is 2.76. The minimum atomic E-state index is -2.89. The topological polar surface area (TPSA) is 152 Å². The van der Waals surface area contributed by atoms with Gasteiger partial charge in [0.05, 0.1) is 11.5 Å². The Morgan fingerprint density at radius 1 is 0.967 bits per heavy atom. The minimum Gasteiger partial charge on any atom is -0.481 e. The van der Waals surface area contributed by atoms with Crippen molar-refractivity contribution in [1.29, 1.82) is 0 Å². The van der Waals surface area contributed by atoms with E-state index in [0.29, 0.717) is 61.9 Å². The fraction of sp³-hybridized carbons (Fsp3) is 0.735. The van der Waals surface area contributed by atoms with Crippen molar-refractivity contribution in [3.05, 3.63) is 59.3 Å². The first-order valence-electron chi connectivity index (χ1n) is 23.1. The monoisotopic (exact) mass is 845 g/mol. The van der Waals surface area contributed by atoms with E-state index in [2.05, 4.69) is 75.5 Å². The number of hydrogen-bond donors (Lipinski definition) is 3. The summed E-state index contributed by atoms with van der Waals surface area (Å²) in [4.78, 5) is 31.3. The smallest absolute Gasteiger partial charge is 0.313 e. The maximum Gasteiger partial charge on any atom is 0.313 e. The minimum absolute atomic E-state index is 0.0529. The Hall–Kier alpha value is -3.02. The summed E-state index contributed by atoms with van der Waals surface area (Å²) in [6, 6.07) is 3.16. The second-order valence-corrected chi connectivity index (χ2v) is 24.1. The number of ether oxygens (including phenoxy) is 1. The molecular weight excluding hydrogens is 773 g/mol. The van der Waals surface area contributed by atoms with E-state index in [9.17, 15) is 23.1 Å². The predicted molar refractivity (Wildman–Crippen MR) is 236 cm³/mol. The predicted octanol–water partition coefficient (Wildman–Crippen LogP) is 8.01. The number of amides is 1. The molecule has 4 saturated carbocycles. The van der Waals surface area contributed by atoms with Crippen molar-refractivity contribution >= 4 is 21.7 Å². The Labute approximate surface area is 359 Å².